The van der Waals surface area contributed by atoms with E-state index in [2.05, 4.69) is 20.9 Å². The maximum Gasteiger partial charge on any atom is 0.340 e. The number of hydrogen-bond acceptors (Lipinski definition) is 3. The van der Waals surface area contributed by atoms with E-state index in [-0.39, 0.29) is 5.97 Å². The number of pyridine rings is 1. The van der Waals surface area contributed by atoms with Crippen molar-refractivity contribution in [3.63, 3.8) is 0 Å². The highest BCUT2D eigenvalue weighted by molar-refractivity contribution is 9.10. The average Bonchev–Trinajstić information content (AvgIpc) is 2.65. The Balaban J connectivity index is 2.77. The van der Waals surface area contributed by atoms with Gasteiger partial charge >= 0.3 is 5.97 Å². The third-order valence-corrected chi connectivity index (χ3v) is 2.97. The fourth-order valence-corrected chi connectivity index (χ4v) is 2.29. The predicted octanol–water partition coefficient (Wildman–Crippen LogP) is 2.45. The predicted molar refractivity (Wildman–Crippen MR) is 63.6 cm³/mol. The molecular formula is C11H11BrN2O2. The Bertz CT molecular complexity index is 548. The summed E-state index contributed by atoms with van der Waals surface area (Å²) in [5.74, 6) is 0.557. The maximum atomic E-state index is 11.6. The van der Waals surface area contributed by atoms with Crippen molar-refractivity contribution in [1.82, 2.24) is 9.38 Å². The number of rotatable bonds is 2. The average molecular weight is 283 g/mol. The number of carbonyl (C=O) groups excluding carboxylic acids is 1. The molecule has 0 N–H and O–H groups in total. The van der Waals surface area contributed by atoms with Gasteiger partial charge in [0.2, 0.25) is 0 Å². The zero-order valence-corrected chi connectivity index (χ0v) is 10.6. The van der Waals surface area contributed by atoms with Gasteiger partial charge < -0.3 is 9.14 Å². The van der Waals surface area contributed by atoms with E-state index in [1.54, 1.807) is 6.07 Å². The first kappa shape index (κ1) is 11.1. The number of nitrogens with zero attached hydrogens (tertiary/aromatic N) is 2. The number of hydrogen-bond donors (Lipinski definition) is 0. The third kappa shape index (κ3) is 1.61. The van der Waals surface area contributed by atoms with Crippen molar-refractivity contribution in [2.45, 2.75) is 13.3 Å². The van der Waals surface area contributed by atoms with E-state index in [1.165, 1.54) is 7.11 Å². The molecule has 2 heterocycles. The molecule has 84 valence electrons. The van der Waals surface area contributed by atoms with Crippen molar-refractivity contribution in [2.24, 2.45) is 0 Å². The minimum Gasteiger partial charge on any atom is -0.465 e. The van der Waals surface area contributed by atoms with E-state index < -0.39 is 0 Å². The number of halogens is 1. The number of aromatic nitrogens is 2. The zero-order chi connectivity index (χ0) is 11.7. The first-order valence-corrected chi connectivity index (χ1v) is 5.72. The number of esters is 1. The van der Waals surface area contributed by atoms with Crippen LogP contribution in [0.3, 0.4) is 0 Å². The highest BCUT2D eigenvalue weighted by atomic mass is 79.9. The lowest BCUT2D eigenvalue weighted by Crippen LogP contribution is -2.04. The first-order chi connectivity index (χ1) is 7.69. The van der Waals surface area contributed by atoms with Crippen LogP contribution in [0, 0.1) is 0 Å². The van der Waals surface area contributed by atoms with E-state index in [0.717, 1.165) is 17.8 Å². The lowest BCUT2D eigenvalue weighted by molar-refractivity contribution is 0.0602. The number of fused-ring (bicyclic) bond motifs is 1. The Morgan fingerprint density at radius 1 is 1.62 bits per heavy atom. The molecule has 0 atom stereocenters. The van der Waals surface area contributed by atoms with Crippen molar-refractivity contribution in [2.75, 3.05) is 7.11 Å². The van der Waals surface area contributed by atoms with Crippen LogP contribution in [0.1, 0.15) is 23.1 Å². The molecule has 16 heavy (non-hydrogen) atoms. The molecule has 0 radical (unpaired) electrons. The molecule has 0 saturated carbocycles. The van der Waals surface area contributed by atoms with E-state index in [0.29, 0.717) is 10.2 Å². The molecule has 2 aromatic rings. The van der Waals surface area contributed by atoms with Gasteiger partial charge in [0.1, 0.15) is 10.4 Å². The summed E-state index contributed by atoms with van der Waals surface area (Å²) in [6.45, 7) is 2.02. The fourth-order valence-electron chi connectivity index (χ4n) is 1.68. The summed E-state index contributed by atoms with van der Waals surface area (Å²) in [5, 5.41) is 0. The van der Waals surface area contributed by atoms with Crippen molar-refractivity contribution in [3.8, 4) is 0 Å². The SMILES string of the molecule is CCc1nc(Br)c2c(C(=O)OC)cccn12. The van der Waals surface area contributed by atoms with Gasteiger partial charge in [0.15, 0.2) is 0 Å². The second-order valence-corrected chi connectivity index (χ2v) is 4.06. The van der Waals surface area contributed by atoms with Crippen LogP contribution in [-0.2, 0) is 11.2 Å². The highest BCUT2D eigenvalue weighted by Crippen LogP contribution is 2.23. The molecule has 0 aliphatic rings. The summed E-state index contributed by atoms with van der Waals surface area (Å²) in [6, 6.07) is 3.54. The molecule has 0 saturated heterocycles. The number of ether oxygens (including phenoxy) is 1. The fraction of sp³-hybridized carbons (Fsp3) is 0.273. The Kier molecular flexibility index (Phi) is 2.96. The molecule has 0 amide bonds. The minimum atomic E-state index is -0.353. The second-order valence-electron chi connectivity index (χ2n) is 3.30. The Morgan fingerprint density at radius 2 is 2.38 bits per heavy atom. The van der Waals surface area contributed by atoms with Gasteiger partial charge in [-0.15, -0.1) is 0 Å². The highest BCUT2D eigenvalue weighted by Gasteiger charge is 2.16. The molecule has 0 aromatic carbocycles. The Hall–Kier alpha value is -1.36. The molecule has 5 heteroatoms. The van der Waals surface area contributed by atoms with E-state index in [1.807, 2.05) is 23.6 Å². The molecule has 2 rings (SSSR count). The molecule has 0 bridgehead atoms. The number of aryl methyl sites for hydroxylation is 1. The summed E-state index contributed by atoms with van der Waals surface area (Å²) >= 11 is 3.37. The van der Waals surface area contributed by atoms with Gasteiger partial charge in [0, 0.05) is 12.6 Å². The van der Waals surface area contributed by atoms with Crippen LogP contribution in [0.5, 0.6) is 0 Å². The van der Waals surface area contributed by atoms with E-state index in [9.17, 15) is 4.79 Å². The van der Waals surface area contributed by atoms with Crippen molar-refractivity contribution >= 4 is 27.4 Å². The van der Waals surface area contributed by atoms with Crippen molar-refractivity contribution in [3.05, 3.63) is 34.3 Å². The quantitative estimate of drug-likeness (QED) is 0.795. The monoisotopic (exact) mass is 282 g/mol. The maximum absolute atomic E-state index is 11.6. The number of methoxy groups -OCH3 is 1. The summed E-state index contributed by atoms with van der Waals surface area (Å²) in [6.07, 6.45) is 2.69. The van der Waals surface area contributed by atoms with Crippen molar-refractivity contribution in [1.29, 1.82) is 0 Å². The van der Waals surface area contributed by atoms with Crippen LogP contribution in [0.2, 0.25) is 0 Å². The van der Waals surface area contributed by atoms with Crippen LogP contribution >= 0.6 is 15.9 Å². The van der Waals surface area contributed by atoms with E-state index in [4.69, 9.17) is 4.74 Å². The van der Waals surface area contributed by atoms with Crippen LogP contribution in [0.4, 0.5) is 0 Å². The van der Waals surface area contributed by atoms with Crippen molar-refractivity contribution < 1.29 is 9.53 Å². The standard InChI is InChI=1S/C11H11BrN2O2/c1-3-8-13-10(12)9-7(11(15)16-2)5-4-6-14(8)9/h4-6H,3H2,1-2H3. The zero-order valence-electron chi connectivity index (χ0n) is 9.03. The molecule has 4 nitrogen and oxygen atoms in total. The third-order valence-electron chi connectivity index (χ3n) is 2.42. The summed E-state index contributed by atoms with van der Waals surface area (Å²) < 4.78 is 7.31. The molecule has 0 unspecified atom stereocenters. The topological polar surface area (TPSA) is 43.6 Å². The van der Waals surface area contributed by atoms with Crippen LogP contribution in [-0.4, -0.2) is 22.5 Å². The van der Waals surface area contributed by atoms with Crippen LogP contribution in [0.25, 0.3) is 5.52 Å². The molecule has 0 spiro atoms. The summed E-state index contributed by atoms with van der Waals surface area (Å²) in [5.41, 5.74) is 1.27. The van der Waals surface area contributed by atoms with Gasteiger partial charge in [-0.3, -0.25) is 0 Å². The van der Waals surface area contributed by atoms with E-state index >= 15 is 0 Å². The summed E-state index contributed by atoms with van der Waals surface area (Å²) in [7, 11) is 1.37. The van der Waals surface area contributed by atoms with Gasteiger partial charge in [0.05, 0.1) is 18.2 Å². The van der Waals surface area contributed by atoms with Crippen LogP contribution < -0.4 is 0 Å². The Morgan fingerprint density at radius 3 is 3.00 bits per heavy atom. The minimum absolute atomic E-state index is 0.353. The van der Waals surface area contributed by atoms with Gasteiger partial charge in [-0.25, -0.2) is 9.78 Å². The van der Waals surface area contributed by atoms with Gasteiger partial charge in [-0.2, -0.15) is 0 Å². The number of carbonyl (C=O) groups is 1. The molecule has 2 aromatic heterocycles. The smallest absolute Gasteiger partial charge is 0.340 e. The second kappa shape index (κ2) is 4.25. The molecule has 0 aliphatic carbocycles. The Labute approximate surface area is 101 Å². The lowest BCUT2D eigenvalue weighted by atomic mass is 10.2. The normalized spacial score (nSPS) is 10.7. The molecule has 0 fully saturated rings. The van der Waals surface area contributed by atoms with Gasteiger partial charge in [-0.1, -0.05) is 6.92 Å². The lowest BCUT2D eigenvalue weighted by Gasteiger charge is -2.03. The van der Waals surface area contributed by atoms with Gasteiger partial charge in [-0.05, 0) is 28.1 Å². The largest absolute Gasteiger partial charge is 0.465 e. The van der Waals surface area contributed by atoms with Crippen LogP contribution in [0.15, 0.2) is 22.9 Å². The summed E-state index contributed by atoms with van der Waals surface area (Å²) in [4.78, 5) is 16.0. The van der Waals surface area contributed by atoms with Gasteiger partial charge in [0.25, 0.3) is 0 Å². The first-order valence-electron chi connectivity index (χ1n) is 4.92. The molecular weight excluding hydrogens is 272 g/mol. The number of imidazole rings is 1. The molecule has 0 aliphatic heterocycles.